The summed E-state index contributed by atoms with van der Waals surface area (Å²) in [4.78, 5) is 35.7. The fourth-order valence-electron chi connectivity index (χ4n) is 3.49. The minimum atomic E-state index is -0.139. The number of pyridine rings is 1. The van der Waals surface area contributed by atoms with Crippen LogP contribution in [0.4, 0.5) is 5.82 Å². The third-order valence-electron chi connectivity index (χ3n) is 5.27. The predicted octanol–water partition coefficient (Wildman–Crippen LogP) is 4.57. The number of hydrogen-bond donors (Lipinski definition) is 1. The highest BCUT2D eigenvalue weighted by molar-refractivity contribution is 7.09. The summed E-state index contributed by atoms with van der Waals surface area (Å²) in [5.74, 6) is 0.951. The summed E-state index contributed by atoms with van der Waals surface area (Å²) >= 11 is 7.27. The van der Waals surface area contributed by atoms with E-state index in [4.69, 9.17) is 16.3 Å². The second-order valence-corrected chi connectivity index (χ2v) is 9.02. The Morgan fingerprint density at radius 3 is 2.69 bits per heavy atom. The Bertz CT molecular complexity index is 1090. The molecule has 1 fully saturated rings. The number of aromatic nitrogens is 2. The van der Waals surface area contributed by atoms with Gasteiger partial charge in [0.15, 0.2) is 0 Å². The molecule has 3 aromatic rings. The first-order chi connectivity index (χ1) is 15.5. The SMILES string of the molecule is Cc1ccnc(NC(=O)C2CCN(C(=O)c3csc(COc4ccc(Cl)cc4)n3)CC2)c1. The normalized spacial score (nSPS) is 14.2. The van der Waals surface area contributed by atoms with Crippen molar-refractivity contribution in [2.24, 2.45) is 5.92 Å². The van der Waals surface area contributed by atoms with Crippen molar-refractivity contribution in [2.75, 3.05) is 18.4 Å². The molecule has 0 atom stereocenters. The molecule has 1 aromatic carbocycles. The van der Waals surface area contributed by atoms with Gasteiger partial charge in [-0.3, -0.25) is 9.59 Å². The molecule has 0 aliphatic carbocycles. The lowest BCUT2D eigenvalue weighted by Crippen LogP contribution is -2.41. The van der Waals surface area contributed by atoms with E-state index in [1.54, 1.807) is 40.7 Å². The number of halogens is 1. The van der Waals surface area contributed by atoms with Crippen LogP contribution in [0.25, 0.3) is 0 Å². The third kappa shape index (κ3) is 5.63. The van der Waals surface area contributed by atoms with E-state index in [0.29, 0.717) is 48.2 Å². The van der Waals surface area contributed by atoms with Gasteiger partial charge in [0.2, 0.25) is 5.91 Å². The Morgan fingerprint density at radius 2 is 1.97 bits per heavy atom. The third-order valence-corrected chi connectivity index (χ3v) is 6.34. The smallest absolute Gasteiger partial charge is 0.273 e. The molecule has 1 aliphatic heterocycles. The van der Waals surface area contributed by atoms with Crippen LogP contribution in [0.2, 0.25) is 5.02 Å². The van der Waals surface area contributed by atoms with Crippen LogP contribution in [0, 0.1) is 12.8 Å². The van der Waals surface area contributed by atoms with E-state index in [1.807, 2.05) is 19.1 Å². The topological polar surface area (TPSA) is 84.4 Å². The number of carbonyl (C=O) groups excluding carboxylic acids is 2. The van der Waals surface area contributed by atoms with Crippen LogP contribution in [0.5, 0.6) is 5.75 Å². The van der Waals surface area contributed by atoms with Gasteiger partial charge in [-0.2, -0.15) is 0 Å². The van der Waals surface area contributed by atoms with E-state index in [2.05, 4.69) is 15.3 Å². The molecule has 1 saturated heterocycles. The van der Waals surface area contributed by atoms with Gasteiger partial charge in [-0.1, -0.05) is 11.6 Å². The first-order valence-corrected chi connectivity index (χ1v) is 11.6. The van der Waals surface area contributed by atoms with Crippen molar-refractivity contribution >= 4 is 40.6 Å². The Labute approximate surface area is 195 Å². The Morgan fingerprint density at radius 1 is 1.22 bits per heavy atom. The highest BCUT2D eigenvalue weighted by atomic mass is 35.5. The maximum atomic E-state index is 12.8. The number of anilines is 1. The average Bonchev–Trinajstić information content (AvgIpc) is 3.27. The van der Waals surface area contributed by atoms with Gasteiger partial charge >= 0.3 is 0 Å². The molecule has 0 spiro atoms. The number of piperidine rings is 1. The summed E-state index contributed by atoms with van der Waals surface area (Å²) in [6.07, 6.45) is 2.90. The van der Waals surface area contributed by atoms with Crippen molar-refractivity contribution < 1.29 is 14.3 Å². The molecular weight excluding hydrogens is 448 g/mol. The molecule has 0 radical (unpaired) electrons. The molecule has 2 amide bonds. The van der Waals surface area contributed by atoms with E-state index in [-0.39, 0.29) is 24.3 Å². The van der Waals surface area contributed by atoms with Crippen molar-refractivity contribution in [1.29, 1.82) is 0 Å². The van der Waals surface area contributed by atoms with E-state index in [1.165, 1.54) is 11.3 Å². The quantitative estimate of drug-likeness (QED) is 0.570. The monoisotopic (exact) mass is 470 g/mol. The number of thiazole rings is 1. The second kappa shape index (κ2) is 10.1. The molecule has 9 heteroatoms. The zero-order valence-corrected chi connectivity index (χ0v) is 19.2. The van der Waals surface area contributed by atoms with E-state index >= 15 is 0 Å². The van der Waals surface area contributed by atoms with E-state index in [9.17, 15) is 9.59 Å². The number of rotatable bonds is 6. The standard InChI is InChI=1S/C23H23ClN4O3S/c1-15-6-9-25-20(12-15)27-22(29)16-7-10-28(11-8-16)23(30)19-14-32-21(26-19)13-31-18-4-2-17(24)3-5-18/h2-6,9,12,14,16H,7-8,10-11,13H2,1H3,(H,25,27,29). The number of hydrogen-bond acceptors (Lipinski definition) is 6. The van der Waals surface area contributed by atoms with Crippen molar-refractivity contribution in [1.82, 2.24) is 14.9 Å². The highest BCUT2D eigenvalue weighted by Crippen LogP contribution is 2.22. The van der Waals surface area contributed by atoms with Gasteiger partial charge in [0.05, 0.1) is 0 Å². The van der Waals surface area contributed by atoms with Crippen LogP contribution in [-0.4, -0.2) is 39.8 Å². The number of nitrogens with zero attached hydrogens (tertiary/aromatic N) is 3. The Hall–Kier alpha value is -2.97. The molecule has 3 heterocycles. The van der Waals surface area contributed by atoms with Gasteiger partial charge in [0.25, 0.3) is 5.91 Å². The number of aryl methyl sites for hydroxylation is 1. The van der Waals surface area contributed by atoms with Crippen molar-refractivity contribution in [3.8, 4) is 5.75 Å². The maximum absolute atomic E-state index is 12.8. The molecule has 1 aliphatic rings. The number of benzene rings is 1. The van der Waals surface area contributed by atoms with E-state index < -0.39 is 0 Å². The van der Waals surface area contributed by atoms with Gasteiger partial charge in [-0.15, -0.1) is 11.3 Å². The zero-order chi connectivity index (χ0) is 22.5. The molecule has 0 unspecified atom stereocenters. The molecule has 32 heavy (non-hydrogen) atoms. The van der Waals surface area contributed by atoms with Gasteiger partial charge in [-0.05, 0) is 61.7 Å². The fraction of sp³-hybridized carbons (Fsp3) is 0.304. The Balaban J connectivity index is 1.27. The fourth-order valence-corrected chi connectivity index (χ4v) is 4.30. The number of ether oxygens (including phenoxy) is 1. The van der Waals surface area contributed by atoms with Crippen molar-refractivity contribution in [2.45, 2.75) is 26.4 Å². The minimum absolute atomic E-state index is 0.0505. The van der Waals surface area contributed by atoms with Gasteiger partial charge in [-0.25, -0.2) is 9.97 Å². The lowest BCUT2D eigenvalue weighted by Gasteiger charge is -2.30. The summed E-state index contributed by atoms with van der Waals surface area (Å²) in [7, 11) is 0. The molecule has 166 valence electrons. The van der Waals surface area contributed by atoms with Gasteiger partial charge < -0.3 is 15.0 Å². The largest absolute Gasteiger partial charge is 0.486 e. The lowest BCUT2D eigenvalue weighted by atomic mass is 9.95. The van der Waals surface area contributed by atoms with Crippen molar-refractivity contribution in [3.63, 3.8) is 0 Å². The molecule has 7 nitrogen and oxygen atoms in total. The minimum Gasteiger partial charge on any atom is -0.486 e. The number of nitrogens with one attached hydrogen (secondary N) is 1. The molecular formula is C23H23ClN4O3S. The zero-order valence-electron chi connectivity index (χ0n) is 17.6. The van der Waals surface area contributed by atoms with Crippen molar-refractivity contribution in [3.05, 3.63) is 69.3 Å². The van der Waals surface area contributed by atoms with Crippen LogP contribution >= 0.6 is 22.9 Å². The summed E-state index contributed by atoms with van der Waals surface area (Å²) in [5.41, 5.74) is 1.45. The van der Waals surface area contributed by atoms with E-state index in [0.717, 1.165) is 10.6 Å². The van der Waals surface area contributed by atoms with Crippen LogP contribution in [0.15, 0.2) is 48.0 Å². The highest BCUT2D eigenvalue weighted by Gasteiger charge is 2.29. The average molecular weight is 471 g/mol. The molecule has 0 bridgehead atoms. The van der Waals surface area contributed by atoms with Crippen LogP contribution in [0.3, 0.4) is 0 Å². The van der Waals surface area contributed by atoms with Crippen LogP contribution < -0.4 is 10.1 Å². The van der Waals surface area contributed by atoms with Crippen LogP contribution in [-0.2, 0) is 11.4 Å². The molecule has 1 N–H and O–H groups in total. The van der Waals surface area contributed by atoms with Gasteiger partial charge in [0, 0.05) is 35.6 Å². The first-order valence-electron chi connectivity index (χ1n) is 10.3. The lowest BCUT2D eigenvalue weighted by molar-refractivity contribution is -0.121. The number of amides is 2. The Kier molecular flexibility index (Phi) is 7.02. The summed E-state index contributed by atoms with van der Waals surface area (Å²) in [6, 6.07) is 10.8. The molecule has 2 aromatic heterocycles. The number of carbonyl (C=O) groups is 2. The molecule has 0 saturated carbocycles. The summed E-state index contributed by atoms with van der Waals surface area (Å²) < 4.78 is 5.70. The summed E-state index contributed by atoms with van der Waals surface area (Å²) in [6.45, 7) is 3.28. The van der Waals surface area contributed by atoms with Crippen LogP contribution in [0.1, 0.15) is 33.9 Å². The first kappa shape index (κ1) is 22.2. The number of likely N-dealkylation sites (tertiary alicyclic amines) is 1. The summed E-state index contributed by atoms with van der Waals surface area (Å²) in [5, 5.41) is 6.00. The maximum Gasteiger partial charge on any atom is 0.273 e. The second-order valence-electron chi connectivity index (χ2n) is 7.64. The predicted molar refractivity (Wildman–Crippen MR) is 124 cm³/mol. The van der Waals surface area contributed by atoms with Gasteiger partial charge in [0.1, 0.15) is 28.9 Å². The molecule has 4 rings (SSSR count).